The molecule has 1 fully saturated rings. The largest absolute Gasteiger partial charge is 0.324 e. The number of hydrogen-bond donors (Lipinski definition) is 3. The Morgan fingerprint density at radius 2 is 1.80 bits per heavy atom. The molecule has 0 spiro atoms. The first kappa shape index (κ1) is 31.1. The van der Waals surface area contributed by atoms with Gasteiger partial charge in [-0.05, 0) is 68.1 Å². The number of benzene rings is 3. The average molecular weight is 601 g/mol. The number of carbonyl (C=O) groups is 1. The predicted molar refractivity (Wildman–Crippen MR) is 162 cm³/mol. The first-order chi connectivity index (χ1) is 19.6. The van der Waals surface area contributed by atoms with Crippen LogP contribution in [0, 0.1) is 5.82 Å². The van der Waals surface area contributed by atoms with Crippen molar-refractivity contribution < 1.29 is 17.6 Å². The third-order valence-electron chi connectivity index (χ3n) is 7.22. The zero-order chi connectivity index (χ0) is 29.6. The monoisotopic (exact) mass is 600 g/mol. The van der Waals surface area contributed by atoms with Gasteiger partial charge in [-0.25, -0.2) is 12.8 Å². The first-order valence-corrected chi connectivity index (χ1v) is 15.8. The lowest BCUT2D eigenvalue weighted by molar-refractivity contribution is -0.118. The molecule has 4 rings (SSSR count). The predicted octanol–water partition coefficient (Wildman–Crippen LogP) is 5.01. The van der Waals surface area contributed by atoms with Gasteiger partial charge in [-0.2, -0.15) is 4.31 Å². The molecule has 3 atom stereocenters. The number of rotatable bonds is 11. The van der Waals surface area contributed by atoms with Gasteiger partial charge in [-0.3, -0.25) is 4.79 Å². The van der Waals surface area contributed by atoms with Crippen molar-refractivity contribution in [2.24, 2.45) is 0 Å². The summed E-state index contributed by atoms with van der Waals surface area (Å²) in [6.45, 7) is 6.77. The number of nitrogens with one attached hydrogen (secondary N) is 3. The minimum absolute atomic E-state index is 0.0373. The van der Waals surface area contributed by atoms with Gasteiger partial charge in [0, 0.05) is 47.5 Å². The molecule has 41 heavy (non-hydrogen) atoms. The summed E-state index contributed by atoms with van der Waals surface area (Å²) in [6.07, 6.45) is 1.04. The molecule has 0 saturated carbocycles. The number of nitrogens with zero attached hydrogens (tertiary/aromatic N) is 1. The van der Waals surface area contributed by atoms with E-state index in [1.165, 1.54) is 6.07 Å². The van der Waals surface area contributed by atoms with Gasteiger partial charge in [-0.1, -0.05) is 61.8 Å². The second-order valence-electron chi connectivity index (χ2n) is 10.8. The summed E-state index contributed by atoms with van der Waals surface area (Å²) in [7, 11) is -3.75. The van der Waals surface area contributed by atoms with Crippen LogP contribution in [-0.2, 0) is 27.7 Å². The lowest BCUT2D eigenvalue weighted by Crippen LogP contribution is -2.58. The topological polar surface area (TPSA) is 90.5 Å². The van der Waals surface area contributed by atoms with Crippen molar-refractivity contribution in [2.45, 2.75) is 69.1 Å². The van der Waals surface area contributed by atoms with E-state index in [2.05, 4.69) is 16.0 Å². The minimum atomic E-state index is -3.75. The van der Waals surface area contributed by atoms with Crippen LogP contribution in [0.25, 0.3) is 0 Å². The van der Waals surface area contributed by atoms with E-state index >= 15 is 4.39 Å². The Morgan fingerprint density at radius 1 is 1.07 bits per heavy atom. The lowest BCUT2D eigenvalue weighted by atomic mass is 10.00. The van der Waals surface area contributed by atoms with Crippen LogP contribution in [0.2, 0.25) is 5.02 Å². The van der Waals surface area contributed by atoms with Gasteiger partial charge >= 0.3 is 0 Å². The van der Waals surface area contributed by atoms with E-state index in [1.54, 1.807) is 52.8 Å². The molecule has 10 heteroatoms. The molecular weight excluding hydrogens is 563 g/mol. The molecule has 0 aromatic heterocycles. The maximum Gasteiger partial charge on any atom is 0.243 e. The lowest BCUT2D eigenvalue weighted by Gasteiger charge is -2.40. The Kier molecular flexibility index (Phi) is 10.5. The number of piperazine rings is 1. The Bertz CT molecular complexity index is 1440. The van der Waals surface area contributed by atoms with Crippen molar-refractivity contribution in [2.75, 3.05) is 18.4 Å². The van der Waals surface area contributed by atoms with E-state index in [-0.39, 0.29) is 35.3 Å². The molecule has 0 aliphatic carbocycles. The highest BCUT2D eigenvalue weighted by Gasteiger charge is 2.37. The second-order valence-corrected chi connectivity index (χ2v) is 13.1. The van der Waals surface area contributed by atoms with Crippen molar-refractivity contribution in [3.05, 3.63) is 94.8 Å². The Labute approximate surface area is 247 Å². The fourth-order valence-electron chi connectivity index (χ4n) is 5.37. The molecule has 3 N–H and O–H groups in total. The molecule has 1 saturated heterocycles. The summed E-state index contributed by atoms with van der Waals surface area (Å²) in [5.74, 6) is -0.730. The maximum atomic E-state index is 15.2. The highest BCUT2D eigenvalue weighted by atomic mass is 35.5. The van der Waals surface area contributed by atoms with E-state index in [4.69, 9.17) is 11.6 Å². The van der Waals surface area contributed by atoms with Crippen LogP contribution in [0.1, 0.15) is 38.3 Å². The SMILES string of the molecule is CC(C)N[C@@H](Cc1cccc(Cl)c1)C(=O)Nc1cccc(F)c1CC[C@H]1CNC[C@H](C)N1S(=O)(=O)c1ccccc1. The van der Waals surface area contributed by atoms with Crippen molar-refractivity contribution >= 4 is 33.2 Å². The number of sulfonamides is 1. The number of carbonyl (C=O) groups excluding carboxylic acids is 1. The first-order valence-electron chi connectivity index (χ1n) is 13.9. The van der Waals surface area contributed by atoms with E-state index < -0.39 is 21.9 Å². The number of anilines is 1. The number of amides is 1. The molecule has 0 unspecified atom stereocenters. The van der Waals surface area contributed by atoms with Gasteiger partial charge in [0.15, 0.2) is 0 Å². The van der Waals surface area contributed by atoms with Crippen molar-refractivity contribution in [1.29, 1.82) is 0 Å². The summed E-state index contributed by atoms with van der Waals surface area (Å²) in [4.78, 5) is 13.7. The van der Waals surface area contributed by atoms with E-state index in [0.717, 1.165) is 5.56 Å². The molecule has 7 nitrogen and oxygen atoms in total. The molecule has 0 bridgehead atoms. The molecule has 1 heterocycles. The fourth-order valence-corrected chi connectivity index (χ4v) is 7.44. The molecule has 3 aromatic carbocycles. The summed E-state index contributed by atoms with van der Waals surface area (Å²) in [5.41, 5.74) is 1.64. The van der Waals surface area contributed by atoms with Crippen LogP contribution in [0.3, 0.4) is 0 Å². The van der Waals surface area contributed by atoms with Crippen molar-refractivity contribution in [3.8, 4) is 0 Å². The van der Waals surface area contributed by atoms with Gasteiger partial charge in [0.2, 0.25) is 15.9 Å². The summed E-state index contributed by atoms with van der Waals surface area (Å²) in [5, 5.41) is 10.1. The molecular formula is C31H38ClFN4O3S. The summed E-state index contributed by atoms with van der Waals surface area (Å²) < 4.78 is 43.9. The van der Waals surface area contributed by atoms with Crippen LogP contribution in [-0.4, -0.2) is 55.9 Å². The van der Waals surface area contributed by atoms with Crippen LogP contribution >= 0.6 is 11.6 Å². The zero-order valence-corrected chi connectivity index (χ0v) is 25.2. The Hall–Kier alpha value is -2.82. The highest BCUT2D eigenvalue weighted by molar-refractivity contribution is 7.89. The van der Waals surface area contributed by atoms with Gasteiger partial charge in [0.1, 0.15) is 5.82 Å². The van der Waals surface area contributed by atoms with Crippen LogP contribution in [0.15, 0.2) is 77.7 Å². The van der Waals surface area contributed by atoms with E-state index in [9.17, 15) is 13.2 Å². The Balaban J connectivity index is 1.53. The molecule has 0 radical (unpaired) electrons. The second kappa shape index (κ2) is 13.9. The quantitative estimate of drug-likeness (QED) is 0.288. The van der Waals surface area contributed by atoms with E-state index in [0.29, 0.717) is 42.2 Å². The highest BCUT2D eigenvalue weighted by Crippen LogP contribution is 2.28. The van der Waals surface area contributed by atoms with Crippen LogP contribution < -0.4 is 16.0 Å². The third kappa shape index (κ3) is 7.93. The average Bonchev–Trinajstić information content (AvgIpc) is 2.92. The maximum absolute atomic E-state index is 15.2. The molecule has 1 amide bonds. The van der Waals surface area contributed by atoms with Gasteiger partial charge < -0.3 is 16.0 Å². The third-order valence-corrected chi connectivity index (χ3v) is 9.53. The van der Waals surface area contributed by atoms with Crippen molar-refractivity contribution in [3.63, 3.8) is 0 Å². The summed E-state index contributed by atoms with van der Waals surface area (Å²) in [6, 6.07) is 19.2. The number of hydrogen-bond acceptors (Lipinski definition) is 5. The smallest absolute Gasteiger partial charge is 0.243 e. The van der Waals surface area contributed by atoms with Gasteiger partial charge in [0.25, 0.3) is 0 Å². The zero-order valence-electron chi connectivity index (χ0n) is 23.6. The van der Waals surface area contributed by atoms with Crippen LogP contribution in [0.5, 0.6) is 0 Å². The molecule has 3 aromatic rings. The summed E-state index contributed by atoms with van der Waals surface area (Å²) >= 11 is 6.15. The minimum Gasteiger partial charge on any atom is -0.324 e. The van der Waals surface area contributed by atoms with Crippen molar-refractivity contribution in [1.82, 2.24) is 14.9 Å². The normalized spacial score (nSPS) is 18.8. The van der Waals surface area contributed by atoms with E-state index in [1.807, 2.05) is 39.0 Å². The van der Waals surface area contributed by atoms with Gasteiger partial charge in [0.05, 0.1) is 10.9 Å². The van der Waals surface area contributed by atoms with Gasteiger partial charge in [-0.15, -0.1) is 0 Å². The molecule has 1 aliphatic rings. The standard InChI is InChI=1S/C31H38ClFN4O3S/c1-21(2)35-30(18-23-9-7-10-24(32)17-23)31(38)36-29-14-8-13-28(33)27(29)16-15-25-20-34-19-22(3)37(25)41(39,40)26-11-5-4-6-12-26/h4-14,17,21-22,25,30,34-35H,15-16,18-20H2,1-3H3,(H,36,38)/t22-,25-,30-/m0/s1. The fraction of sp³-hybridized carbons (Fsp3) is 0.387. The molecule has 1 aliphatic heterocycles. The Morgan fingerprint density at radius 3 is 2.51 bits per heavy atom. The number of halogens is 2. The molecule has 220 valence electrons. The van der Waals surface area contributed by atoms with Crippen LogP contribution in [0.4, 0.5) is 10.1 Å².